The first-order valence-corrected chi connectivity index (χ1v) is 9.08. The number of carbonyl (C=O) groups is 1. The molecule has 0 aliphatic heterocycles. The third kappa shape index (κ3) is 7.40. The van der Waals surface area contributed by atoms with Crippen molar-refractivity contribution >= 4 is 17.7 Å². The fraction of sp³-hybridized carbons (Fsp3) is 0.350. The van der Waals surface area contributed by atoms with Crippen LogP contribution in [-0.2, 0) is 28.8 Å². The minimum absolute atomic E-state index is 0.00604. The van der Waals surface area contributed by atoms with Crippen LogP contribution < -0.4 is 5.32 Å². The van der Waals surface area contributed by atoms with E-state index in [0.29, 0.717) is 17.0 Å². The molecule has 0 saturated carbocycles. The van der Waals surface area contributed by atoms with E-state index in [0.717, 1.165) is 17.7 Å². The van der Waals surface area contributed by atoms with Crippen LogP contribution in [0.25, 0.3) is 0 Å². The second-order valence-electron chi connectivity index (χ2n) is 6.13. The van der Waals surface area contributed by atoms with Gasteiger partial charge in [-0.2, -0.15) is 13.2 Å². The first-order chi connectivity index (χ1) is 13.3. The van der Waals surface area contributed by atoms with E-state index in [4.69, 9.17) is 21.1 Å². The highest BCUT2D eigenvalue weighted by Crippen LogP contribution is 2.29. The number of halogens is 4. The number of nitrogens with one attached hydrogen (secondary N) is 1. The van der Waals surface area contributed by atoms with Gasteiger partial charge in [-0.1, -0.05) is 42.8 Å². The molecule has 0 spiro atoms. The number of hydrogen-bond donors (Lipinski definition) is 1. The Labute approximate surface area is 166 Å². The maximum atomic E-state index is 12.7. The van der Waals surface area contributed by atoms with E-state index < -0.39 is 23.9 Å². The average Bonchev–Trinajstić information content (AvgIpc) is 2.65. The molecule has 0 heterocycles. The van der Waals surface area contributed by atoms with Gasteiger partial charge >= 0.3 is 12.3 Å². The van der Waals surface area contributed by atoms with Crippen molar-refractivity contribution < 1.29 is 27.4 Å². The van der Waals surface area contributed by atoms with Crippen LogP contribution in [0.15, 0.2) is 48.5 Å². The zero-order chi connectivity index (χ0) is 20.6. The fourth-order valence-corrected chi connectivity index (χ4v) is 2.61. The molecule has 2 aromatic rings. The van der Waals surface area contributed by atoms with E-state index in [9.17, 15) is 18.0 Å². The molecule has 0 aromatic heterocycles. The van der Waals surface area contributed by atoms with Gasteiger partial charge in [-0.15, -0.1) is 0 Å². The predicted octanol–water partition coefficient (Wildman–Crippen LogP) is 5.58. The Morgan fingerprint density at radius 1 is 1.14 bits per heavy atom. The molecule has 28 heavy (non-hydrogen) atoms. The van der Waals surface area contributed by atoms with E-state index in [2.05, 4.69) is 5.32 Å². The standard InChI is InChI=1S/C20H21ClF3NO3/c1-2-18(28-19(26)25-11-14-5-4-8-17(21)10-14)13-27-12-15-6-3-7-16(9-15)20(22,23)24/h3-10,18H,2,11-13H2,1H3,(H,25,26). The summed E-state index contributed by atoms with van der Waals surface area (Å²) in [4.78, 5) is 11.9. The van der Waals surface area contributed by atoms with Crippen LogP contribution in [0.5, 0.6) is 0 Å². The Morgan fingerprint density at radius 3 is 2.54 bits per heavy atom. The summed E-state index contributed by atoms with van der Waals surface area (Å²) >= 11 is 5.89. The molecule has 0 radical (unpaired) electrons. The van der Waals surface area contributed by atoms with Crippen LogP contribution >= 0.6 is 11.6 Å². The lowest BCUT2D eigenvalue weighted by Crippen LogP contribution is -2.30. The summed E-state index contributed by atoms with van der Waals surface area (Å²) in [6.45, 7) is 2.16. The van der Waals surface area contributed by atoms with Crippen molar-refractivity contribution in [2.45, 2.75) is 38.8 Å². The van der Waals surface area contributed by atoms with Gasteiger partial charge < -0.3 is 14.8 Å². The van der Waals surface area contributed by atoms with Crippen molar-refractivity contribution in [1.29, 1.82) is 0 Å². The Kier molecular flexibility index (Phi) is 8.14. The fourth-order valence-electron chi connectivity index (χ4n) is 2.40. The lowest BCUT2D eigenvalue weighted by molar-refractivity contribution is -0.137. The summed E-state index contributed by atoms with van der Waals surface area (Å²) in [7, 11) is 0. The minimum atomic E-state index is -4.40. The summed E-state index contributed by atoms with van der Waals surface area (Å²) in [6, 6.07) is 12.0. The van der Waals surface area contributed by atoms with E-state index in [1.807, 2.05) is 13.0 Å². The zero-order valence-electron chi connectivity index (χ0n) is 15.3. The number of ether oxygens (including phenoxy) is 2. The first kappa shape index (κ1) is 22.0. The number of hydrogen-bond acceptors (Lipinski definition) is 3. The molecule has 1 N–H and O–H groups in total. The second kappa shape index (κ2) is 10.3. The number of benzene rings is 2. The van der Waals surface area contributed by atoms with Crippen molar-refractivity contribution in [3.63, 3.8) is 0 Å². The molecular weight excluding hydrogens is 395 g/mol. The topological polar surface area (TPSA) is 47.6 Å². The van der Waals surface area contributed by atoms with E-state index in [-0.39, 0.29) is 19.8 Å². The third-order valence-corrected chi connectivity index (χ3v) is 4.12. The summed E-state index contributed by atoms with van der Waals surface area (Å²) in [5, 5.41) is 3.19. The largest absolute Gasteiger partial charge is 0.444 e. The summed E-state index contributed by atoms with van der Waals surface area (Å²) in [5.41, 5.74) is 0.505. The molecular formula is C20H21ClF3NO3. The van der Waals surface area contributed by atoms with Crippen LogP contribution in [0.2, 0.25) is 5.02 Å². The second-order valence-corrected chi connectivity index (χ2v) is 6.57. The van der Waals surface area contributed by atoms with Gasteiger partial charge in [0.25, 0.3) is 0 Å². The van der Waals surface area contributed by atoms with Crippen molar-refractivity contribution in [3.05, 3.63) is 70.2 Å². The highest BCUT2D eigenvalue weighted by molar-refractivity contribution is 6.30. The maximum Gasteiger partial charge on any atom is 0.416 e. The Morgan fingerprint density at radius 2 is 1.86 bits per heavy atom. The third-order valence-electron chi connectivity index (χ3n) is 3.88. The van der Waals surface area contributed by atoms with Crippen LogP contribution in [0.3, 0.4) is 0 Å². The Balaban J connectivity index is 1.77. The van der Waals surface area contributed by atoms with Gasteiger partial charge in [0.05, 0.1) is 18.8 Å². The number of amides is 1. The molecule has 0 fully saturated rings. The molecule has 4 nitrogen and oxygen atoms in total. The Hall–Kier alpha value is -2.25. The number of rotatable bonds is 8. The zero-order valence-corrected chi connectivity index (χ0v) is 16.0. The summed E-state index contributed by atoms with van der Waals surface area (Å²) in [6.07, 6.45) is -5.00. The van der Waals surface area contributed by atoms with Gasteiger partial charge in [-0.25, -0.2) is 4.79 Å². The van der Waals surface area contributed by atoms with Gasteiger partial charge in [0.2, 0.25) is 0 Å². The molecule has 8 heteroatoms. The van der Waals surface area contributed by atoms with Crippen molar-refractivity contribution in [1.82, 2.24) is 5.32 Å². The average molecular weight is 416 g/mol. The normalized spacial score (nSPS) is 12.5. The molecule has 1 atom stereocenters. The maximum absolute atomic E-state index is 12.7. The lowest BCUT2D eigenvalue weighted by Gasteiger charge is -2.17. The quantitative estimate of drug-likeness (QED) is 0.612. The summed E-state index contributed by atoms with van der Waals surface area (Å²) in [5.74, 6) is 0. The minimum Gasteiger partial charge on any atom is -0.444 e. The van der Waals surface area contributed by atoms with E-state index in [1.165, 1.54) is 6.07 Å². The molecule has 2 aromatic carbocycles. The lowest BCUT2D eigenvalue weighted by atomic mass is 10.1. The van der Waals surface area contributed by atoms with Gasteiger partial charge in [-0.3, -0.25) is 0 Å². The van der Waals surface area contributed by atoms with Crippen LogP contribution in [0.1, 0.15) is 30.0 Å². The highest BCUT2D eigenvalue weighted by Gasteiger charge is 2.30. The van der Waals surface area contributed by atoms with Gasteiger partial charge in [0.15, 0.2) is 0 Å². The SMILES string of the molecule is CCC(COCc1cccc(C(F)(F)F)c1)OC(=O)NCc1cccc(Cl)c1. The molecule has 1 amide bonds. The van der Waals surface area contributed by atoms with Gasteiger partial charge in [0, 0.05) is 11.6 Å². The molecule has 152 valence electrons. The van der Waals surface area contributed by atoms with Crippen molar-refractivity contribution in [3.8, 4) is 0 Å². The van der Waals surface area contributed by atoms with Crippen molar-refractivity contribution in [2.75, 3.05) is 6.61 Å². The smallest absolute Gasteiger partial charge is 0.416 e. The first-order valence-electron chi connectivity index (χ1n) is 8.70. The predicted molar refractivity (Wildman–Crippen MR) is 100.0 cm³/mol. The van der Waals surface area contributed by atoms with Crippen molar-refractivity contribution in [2.24, 2.45) is 0 Å². The molecule has 2 rings (SSSR count). The van der Waals surface area contributed by atoms with Crippen LogP contribution in [0.4, 0.5) is 18.0 Å². The summed E-state index contributed by atoms with van der Waals surface area (Å²) < 4.78 is 48.9. The van der Waals surface area contributed by atoms with Gasteiger partial charge in [-0.05, 0) is 41.8 Å². The number of alkyl carbamates (subject to hydrolysis) is 1. The van der Waals surface area contributed by atoms with Gasteiger partial charge in [0.1, 0.15) is 6.10 Å². The van der Waals surface area contributed by atoms with E-state index >= 15 is 0 Å². The number of carbonyl (C=O) groups excluding carboxylic acids is 1. The molecule has 0 bridgehead atoms. The number of alkyl halides is 3. The van der Waals surface area contributed by atoms with E-state index in [1.54, 1.807) is 24.3 Å². The molecule has 0 saturated heterocycles. The monoisotopic (exact) mass is 415 g/mol. The molecule has 0 aliphatic rings. The highest BCUT2D eigenvalue weighted by atomic mass is 35.5. The Bertz CT molecular complexity index is 783. The molecule has 1 unspecified atom stereocenters. The van der Waals surface area contributed by atoms with Crippen LogP contribution in [-0.4, -0.2) is 18.8 Å². The molecule has 0 aliphatic carbocycles. The van der Waals surface area contributed by atoms with Crippen LogP contribution in [0, 0.1) is 0 Å².